The molecule has 2 heterocycles. The summed E-state index contributed by atoms with van der Waals surface area (Å²) in [5, 5.41) is 10.2. The highest BCUT2D eigenvalue weighted by molar-refractivity contribution is 5.82. The third-order valence-electron chi connectivity index (χ3n) is 4.74. The lowest BCUT2D eigenvalue weighted by Gasteiger charge is -2.30. The van der Waals surface area contributed by atoms with Gasteiger partial charge in [-0.3, -0.25) is 24.2 Å². The molecule has 1 saturated heterocycles. The van der Waals surface area contributed by atoms with Crippen molar-refractivity contribution in [1.29, 1.82) is 0 Å². The Morgan fingerprint density at radius 2 is 1.93 bits per heavy atom. The van der Waals surface area contributed by atoms with Gasteiger partial charge in [0.1, 0.15) is 5.56 Å². The lowest BCUT2D eigenvalue weighted by atomic mass is 10.0. The molecule has 0 spiro atoms. The number of aromatic hydroxyl groups is 1. The number of allylic oxidation sites excluding steroid dienone is 1. The van der Waals surface area contributed by atoms with Crippen LogP contribution >= 0.6 is 0 Å². The fourth-order valence-electron chi connectivity index (χ4n) is 3.24. The van der Waals surface area contributed by atoms with Crippen molar-refractivity contribution in [2.75, 3.05) is 13.1 Å². The Balaban J connectivity index is 1.64. The number of hydrogen-bond acceptors (Lipinski definition) is 5. The topological polar surface area (TPSA) is 90.7 Å². The van der Waals surface area contributed by atoms with Crippen molar-refractivity contribution in [3.63, 3.8) is 0 Å². The number of rotatable bonds is 6. The van der Waals surface area contributed by atoms with E-state index in [-0.39, 0.29) is 24.0 Å². The van der Waals surface area contributed by atoms with E-state index in [0.29, 0.717) is 0 Å². The summed E-state index contributed by atoms with van der Waals surface area (Å²) < 4.78 is 1.05. The lowest BCUT2D eigenvalue weighted by Crippen LogP contribution is -2.35. The molecule has 27 heavy (non-hydrogen) atoms. The Labute approximate surface area is 157 Å². The van der Waals surface area contributed by atoms with Gasteiger partial charge in [-0.2, -0.15) is 0 Å². The highest BCUT2D eigenvalue weighted by Crippen LogP contribution is 2.17. The molecular weight excluding hydrogens is 344 g/mol. The summed E-state index contributed by atoms with van der Waals surface area (Å²) in [6.45, 7) is 6.43. The molecule has 1 aromatic heterocycles. The van der Waals surface area contributed by atoms with E-state index in [1.54, 1.807) is 0 Å². The van der Waals surface area contributed by atoms with E-state index in [9.17, 15) is 14.7 Å². The maximum Gasteiger partial charge on any atom is 0.331 e. The fraction of sp³-hybridized carbons (Fsp3) is 0.350. The average Bonchev–Trinajstić information content (AvgIpc) is 2.67. The number of H-pyrrole nitrogens is 1. The first kappa shape index (κ1) is 18.8. The molecule has 7 nitrogen and oxygen atoms in total. The van der Waals surface area contributed by atoms with Crippen molar-refractivity contribution in [3.8, 4) is 5.88 Å². The van der Waals surface area contributed by atoms with Gasteiger partial charge < -0.3 is 5.11 Å². The Bertz CT molecular complexity index is 922. The summed E-state index contributed by atoms with van der Waals surface area (Å²) in [5.41, 5.74) is -0.00426. The largest absolute Gasteiger partial charge is 0.494 e. The third-order valence-corrected chi connectivity index (χ3v) is 4.74. The second-order valence-corrected chi connectivity index (χ2v) is 6.67. The zero-order valence-corrected chi connectivity index (χ0v) is 15.2. The maximum absolute atomic E-state index is 12.0. The monoisotopic (exact) mass is 368 g/mol. The van der Waals surface area contributed by atoms with E-state index in [1.165, 1.54) is 17.9 Å². The van der Waals surface area contributed by atoms with E-state index >= 15 is 0 Å². The number of piperidine rings is 1. The molecule has 2 aromatic rings. The molecule has 7 heteroatoms. The lowest BCUT2D eigenvalue weighted by molar-refractivity contribution is 0.206. The van der Waals surface area contributed by atoms with Crippen molar-refractivity contribution < 1.29 is 5.11 Å². The van der Waals surface area contributed by atoms with Crippen LogP contribution in [0.2, 0.25) is 0 Å². The number of nitrogens with zero attached hydrogens (tertiary/aromatic N) is 3. The first-order valence-corrected chi connectivity index (χ1v) is 9.05. The molecule has 142 valence electrons. The molecule has 2 N–H and O–H groups in total. The Morgan fingerprint density at radius 1 is 1.22 bits per heavy atom. The van der Waals surface area contributed by atoms with Crippen LogP contribution in [0.15, 0.2) is 57.6 Å². The minimum Gasteiger partial charge on any atom is -0.494 e. The van der Waals surface area contributed by atoms with Gasteiger partial charge >= 0.3 is 5.69 Å². The quantitative estimate of drug-likeness (QED) is 0.597. The van der Waals surface area contributed by atoms with Crippen molar-refractivity contribution in [3.05, 3.63) is 75.0 Å². The third kappa shape index (κ3) is 4.62. The minimum absolute atomic E-state index is 0.00293. The van der Waals surface area contributed by atoms with Gasteiger partial charge in [-0.05, 0) is 18.4 Å². The van der Waals surface area contributed by atoms with Gasteiger partial charge in [-0.15, -0.1) is 6.58 Å². The number of aliphatic imine (C=N–C) groups is 1. The van der Waals surface area contributed by atoms with Crippen LogP contribution in [0.4, 0.5) is 0 Å². The van der Waals surface area contributed by atoms with Crippen LogP contribution in [0.25, 0.3) is 0 Å². The van der Waals surface area contributed by atoms with Gasteiger partial charge in [-0.25, -0.2) is 4.79 Å². The Kier molecular flexibility index (Phi) is 6.03. The Hall–Kier alpha value is -2.93. The summed E-state index contributed by atoms with van der Waals surface area (Å²) in [5.74, 6) is -0.381. The smallest absolute Gasteiger partial charge is 0.331 e. The van der Waals surface area contributed by atoms with Crippen LogP contribution in [0, 0.1) is 0 Å². The van der Waals surface area contributed by atoms with Crippen LogP contribution in [-0.2, 0) is 13.1 Å². The van der Waals surface area contributed by atoms with Gasteiger partial charge in [-0.1, -0.05) is 36.4 Å². The first-order chi connectivity index (χ1) is 13.1. The average molecular weight is 368 g/mol. The van der Waals surface area contributed by atoms with Crippen LogP contribution < -0.4 is 11.2 Å². The van der Waals surface area contributed by atoms with Crippen LogP contribution in [0.1, 0.15) is 24.0 Å². The van der Waals surface area contributed by atoms with E-state index in [0.717, 1.165) is 37.0 Å². The molecule has 0 amide bonds. The van der Waals surface area contributed by atoms with Crippen molar-refractivity contribution in [2.24, 2.45) is 4.99 Å². The normalized spacial score (nSPS) is 16.0. The molecule has 0 radical (unpaired) electrons. The van der Waals surface area contributed by atoms with Crippen LogP contribution in [0.5, 0.6) is 5.88 Å². The molecule has 3 rings (SSSR count). The number of likely N-dealkylation sites (tertiary alicyclic amines) is 1. The predicted molar refractivity (Wildman–Crippen MR) is 106 cm³/mol. The standard InChI is InChI=1S/C20H24N4O3/c1-2-10-24-19(26)17(18(25)22-20(24)27)13-21-16-8-11-23(12-9-16)14-15-6-4-3-5-7-15/h2-7,13,16,26H,1,8-12,14H2,(H,22,25,27). The molecule has 0 bridgehead atoms. The van der Waals surface area contributed by atoms with Gasteiger partial charge in [0, 0.05) is 32.4 Å². The van der Waals surface area contributed by atoms with Gasteiger partial charge in [0.05, 0.1) is 6.04 Å². The Morgan fingerprint density at radius 3 is 2.59 bits per heavy atom. The van der Waals surface area contributed by atoms with E-state index in [4.69, 9.17) is 0 Å². The highest BCUT2D eigenvalue weighted by Gasteiger charge is 2.19. The van der Waals surface area contributed by atoms with Gasteiger partial charge in [0.15, 0.2) is 0 Å². The zero-order chi connectivity index (χ0) is 19.2. The van der Waals surface area contributed by atoms with Crippen molar-refractivity contribution >= 4 is 6.21 Å². The number of aromatic amines is 1. The summed E-state index contributed by atoms with van der Waals surface area (Å²) in [7, 11) is 0. The molecule has 1 fully saturated rings. The fourth-order valence-corrected chi connectivity index (χ4v) is 3.24. The van der Waals surface area contributed by atoms with E-state index < -0.39 is 11.2 Å². The highest BCUT2D eigenvalue weighted by atomic mass is 16.3. The second-order valence-electron chi connectivity index (χ2n) is 6.67. The molecule has 1 aliphatic heterocycles. The summed E-state index contributed by atoms with van der Waals surface area (Å²) in [6, 6.07) is 10.4. The maximum atomic E-state index is 12.0. The summed E-state index contributed by atoms with van der Waals surface area (Å²) in [4.78, 5) is 32.8. The molecule has 1 aliphatic rings. The first-order valence-electron chi connectivity index (χ1n) is 9.05. The molecule has 0 atom stereocenters. The van der Waals surface area contributed by atoms with Gasteiger partial charge in [0.2, 0.25) is 5.88 Å². The number of nitrogens with one attached hydrogen (secondary N) is 1. The van der Waals surface area contributed by atoms with E-state index in [2.05, 4.69) is 33.6 Å². The number of benzene rings is 1. The molecule has 0 aliphatic carbocycles. The van der Waals surface area contributed by atoms with Crippen LogP contribution in [0.3, 0.4) is 0 Å². The molecule has 0 unspecified atom stereocenters. The minimum atomic E-state index is -0.663. The molecule has 0 saturated carbocycles. The van der Waals surface area contributed by atoms with E-state index in [1.807, 2.05) is 18.2 Å². The summed E-state index contributed by atoms with van der Waals surface area (Å²) in [6.07, 6.45) is 4.62. The number of aromatic nitrogens is 2. The molecular formula is C20H24N4O3. The second kappa shape index (κ2) is 8.64. The van der Waals surface area contributed by atoms with Crippen molar-refractivity contribution in [1.82, 2.24) is 14.5 Å². The summed E-state index contributed by atoms with van der Waals surface area (Å²) >= 11 is 0. The van der Waals surface area contributed by atoms with Crippen LogP contribution in [-0.4, -0.2) is 44.9 Å². The molecule has 1 aromatic carbocycles. The number of hydrogen-bond donors (Lipinski definition) is 2. The predicted octanol–water partition coefficient (Wildman–Crippen LogP) is 1.51. The zero-order valence-electron chi connectivity index (χ0n) is 15.2. The van der Waals surface area contributed by atoms with Gasteiger partial charge in [0.25, 0.3) is 5.56 Å². The SMILES string of the molecule is C=CCn1c(O)c(C=NC2CCN(Cc3ccccc3)CC2)c(=O)[nH]c1=O. The van der Waals surface area contributed by atoms with Crippen molar-refractivity contribution in [2.45, 2.75) is 32.0 Å².